The molecule has 3 rings (SSSR count). The van der Waals surface area contributed by atoms with Crippen molar-refractivity contribution in [3.8, 4) is 0 Å². The van der Waals surface area contributed by atoms with E-state index in [9.17, 15) is 4.79 Å². The van der Waals surface area contributed by atoms with Gasteiger partial charge in [0.05, 0.1) is 0 Å². The monoisotopic (exact) mass is 306 g/mol. The van der Waals surface area contributed by atoms with E-state index < -0.39 is 0 Å². The molecular weight excluding hydrogens is 284 g/mol. The van der Waals surface area contributed by atoms with Crippen molar-refractivity contribution in [1.29, 1.82) is 0 Å². The Balaban J connectivity index is 1.71. The van der Waals surface area contributed by atoms with Crippen LogP contribution in [0.1, 0.15) is 37.6 Å². The number of benzene rings is 1. The van der Waals surface area contributed by atoms with Gasteiger partial charge in [-0.05, 0) is 28.7 Å². The number of fused-ring (bicyclic) bond motifs is 1. The molecule has 3 nitrogen and oxygen atoms in total. The van der Waals surface area contributed by atoms with Gasteiger partial charge in [0.25, 0.3) is 0 Å². The number of imidazole rings is 1. The second kappa shape index (κ2) is 5.99. The summed E-state index contributed by atoms with van der Waals surface area (Å²) in [5, 5.41) is 0. The summed E-state index contributed by atoms with van der Waals surface area (Å²) in [7, 11) is 0. The van der Waals surface area contributed by atoms with Gasteiger partial charge < -0.3 is 4.40 Å². The third kappa shape index (κ3) is 3.50. The maximum Gasteiger partial charge on any atom is 0.143 e. The van der Waals surface area contributed by atoms with E-state index in [1.54, 1.807) is 6.20 Å². The molecule has 0 saturated carbocycles. The third-order valence-electron chi connectivity index (χ3n) is 4.11. The van der Waals surface area contributed by atoms with Crippen molar-refractivity contribution < 1.29 is 4.79 Å². The minimum atomic E-state index is 0.138. The molecular formula is C20H22N2O. The van der Waals surface area contributed by atoms with Crippen molar-refractivity contribution in [3.05, 3.63) is 71.7 Å². The van der Waals surface area contributed by atoms with Crippen LogP contribution in [0.5, 0.6) is 0 Å². The van der Waals surface area contributed by atoms with Crippen LogP contribution >= 0.6 is 0 Å². The largest absolute Gasteiger partial charge is 0.304 e. The Morgan fingerprint density at radius 3 is 2.48 bits per heavy atom. The number of rotatable bonds is 4. The smallest absolute Gasteiger partial charge is 0.143 e. The normalized spacial score (nSPS) is 11.8. The Kier molecular flexibility index (Phi) is 4.03. The average Bonchev–Trinajstić information content (AvgIpc) is 2.96. The van der Waals surface area contributed by atoms with Crippen molar-refractivity contribution in [2.24, 2.45) is 0 Å². The van der Waals surface area contributed by atoms with E-state index in [0.29, 0.717) is 12.8 Å². The molecule has 0 N–H and O–H groups in total. The molecule has 0 unspecified atom stereocenters. The molecule has 0 bridgehead atoms. The molecule has 0 aliphatic heterocycles. The van der Waals surface area contributed by atoms with Gasteiger partial charge >= 0.3 is 0 Å². The molecule has 0 amide bonds. The topological polar surface area (TPSA) is 34.4 Å². The van der Waals surface area contributed by atoms with Crippen LogP contribution in [0, 0.1) is 0 Å². The minimum absolute atomic E-state index is 0.138. The van der Waals surface area contributed by atoms with Crippen molar-refractivity contribution in [1.82, 2.24) is 9.38 Å². The first-order valence-corrected chi connectivity index (χ1v) is 7.95. The van der Waals surface area contributed by atoms with Crippen LogP contribution in [0.4, 0.5) is 0 Å². The fraction of sp³-hybridized carbons (Fsp3) is 0.300. The predicted octanol–water partition coefficient (Wildman–Crippen LogP) is 3.99. The molecule has 0 spiro atoms. The number of carbonyl (C=O) groups is 1. The highest BCUT2D eigenvalue weighted by atomic mass is 16.1. The fourth-order valence-corrected chi connectivity index (χ4v) is 2.77. The lowest BCUT2D eigenvalue weighted by molar-refractivity contribution is -0.117. The van der Waals surface area contributed by atoms with Crippen molar-refractivity contribution in [2.45, 2.75) is 39.0 Å². The maximum absolute atomic E-state index is 12.4. The molecule has 0 radical (unpaired) electrons. The van der Waals surface area contributed by atoms with E-state index in [-0.39, 0.29) is 11.2 Å². The molecule has 0 saturated heterocycles. The van der Waals surface area contributed by atoms with Crippen LogP contribution in [0.25, 0.3) is 5.65 Å². The summed E-state index contributed by atoms with van der Waals surface area (Å²) < 4.78 is 1.97. The Bertz CT molecular complexity index is 823. The summed E-state index contributed by atoms with van der Waals surface area (Å²) in [5.41, 5.74) is 4.36. The highest BCUT2D eigenvalue weighted by Crippen LogP contribution is 2.22. The van der Waals surface area contributed by atoms with Crippen LogP contribution in [-0.4, -0.2) is 15.2 Å². The Morgan fingerprint density at radius 2 is 1.78 bits per heavy atom. The lowest BCUT2D eigenvalue weighted by Crippen LogP contribution is -2.12. The highest BCUT2D eigenvalue weighted by molar-refractivity contribution is 5.83. The van der Waals surface area contributed by atoms with E-state index in [2.05, 4.69) is 50.0 Å². The molecule has 118 valence electrons. The lowest BCUT2D eigenvalue weighted by atomic mass is 9.86. The zero-order chi connectivity index (χ0) is 16.4. The second-order valence-electron chi connectivity index (χ2n) is 7.01. The molecule has 0 atom stereocenters. The Hall–Kier alpha value is -2.42. The zero-order valence-corrected chi connectivity index (χ0v) is 13.9. The summed E-state index contributed by atoms with van der Waals surface area (Å²) in [6.45, 7) is 6.58. The predicted molar refractivity (Wildman–Crippen MR) is 92.7 cm³/mol. The van der Waals surface area contributed by atoms with Gasteiger partial charge in [0.1, 0.15) is 11.4 Å². The van der Waals surface area contributed by atoms with Crippen LogP contribution < -0.4 is 0 Å². The number of pyridine rings is 1. The van der Waals surface area contributed by atoms with Gasteiger partial charge in [0, 0.05) is 30.9 Å². The van der Waals surface area contributed by atoms with Crippen molar-refractivity contribution in [2.75, 3.05) is 0 Å². The second-order valence-corrected chi connectivity index (χ2v) is 7.01. The summed E-state index contributed by atoms with van der Waals surface area (Å²) in [6, 6.07) is 14.3. The number of ketones is 1. The molecule has 23 heavy (non-hydrogen) atoms. The maximum atomic E-state index is 12.4. The SMILES string of the molecule is CC(C)(C)c1ccc(CC(=O)Cc2cccc3nccn23)cc1. The van der Waals surface area contributed by atoms with Gasteiger partial charge in [-0.1, -0.05) is 51.1 Å². The number of hydrogen-bond donors (Lipinski definition) is 0. The standard InChI is InChI=1S/C20H22N2O/c1-20(2,3)16-9-7-15(8-10-16)13-18(23)14-17-5-4-6-19-21-11-12-22(17)19/h4-12H,13-14H2,1-3H3. The van der Waals surface area contributed by atoms with Gasteiger partial charge in [-0.3, -0.25) is 4.79 Å². The van der Waals surface area contributed by atoms with E-state index in [0.717, 1.165) is 16.9 Å². The molecule has 1 aromatic carbocycles. The molecule has 0 aliphatic rings. The van der Waals surface area contributed by atoms with Gasteiger partial charge in [0.2, 0.25) is 0 Å². The highest BCUT2D eigenvalue weighted by Gasteiger charge is 2.14. The van der Waals surface area contributed by atoms with E-state index in [1.807, 2.05) is 28.8 Å². The third-order valence-corrected chi connectivity index (χ3v) is 4.11. The summed E-state index contributed by atoms with van der Waals surface area (Å²) in [6.07, 6.45) is 4.55. The summed E-state index contributed by atoms with van der Waals surface area (Å²) >= 11 is 0. The van der Waals surface area contributed by atoms with Crippen LogP contribution in [-0.2, 0) is 23.1 Å². The number of aromatic nitrogens is 2. The summed E-state index contributed by atoms with van der Waals surface area (Å²) in [4.78, 5) is 16.7. The van der Waals surface area contributed by atoms with Crippen molar-refractivity contribution in [3.63, 3.8) is 0 Å². The van der Waals surface area contributed by atoms with E-state index in [4.69, 9.17) is 0 Å². The molecule has 2 aromatic heterocycles. The summed E-state index contributed by atoms with van der Waals surface area (Å²) in [5.74, 6) is 0.217. The van der Waals surface area contributed by atoms with E-state index in [1.165, 1.54) is 5.56 Å². The van der Waals surface area contributed by atoms with Crippen molar-refractivity contribution >= 4 is 11.4 Å². The fourth-order valence-electron chi connectivity index (χ4n) is 2.77. The number of Topliss-reactive ketones (excluding diaryl/α,β-unsaturated/α-hetero) is 1. The Morgan fingerprint density at radius 1 is 1.04 bits per heavy atom. The number of carbonyl (C=O) groups excluding carboxylic acids is 1. The van der Waals surface area contributed by atoms with Gasteiger partial charge in [-0.2, -0.15) is 0 Å². The van der Waals surface area contributed by atoms with Crippen LogP contribution in [0.15, 0.2) is 54.9 Å². The average molecular weight is 306 g/mol. The van der Waals surface area contributed by atoms with E-state index >= 15 is 0 Å². The molecule has 2 heterocycles. The first-order valence-electron chi connectivity index (χ1n) is 7.95. The van der Waals surface area contributed by atoms with Gasteiger partial charge in [0.15, 0.2) is 0 Å². The lowest BCUT2D eigenvalue weighted by Gasteiger charge is -2.19. The molecule has 3 heteroatoms. The molecule has 0 aliphatic carbocycles. The van der Waals surface area contributed by atoms with Crippen LogP contribution in [0.3, 0.4) is 0 Å². The van der Waals surface area contributed by atoms with Gasteiger partial charge in [-0.25, -0.2) is 4.98 Å². The Labute approximate surface area is 137 Å². The van der Waals surface area contributed by atoms with Gasteiger partial charge in [-0.15, -0.1) is 0 Å². The minimum Gasteiger partial charge on any atom is -0.304 e. The van der Waals surface area contributed by atoms with Crippen LogP contribution in [0.2, 0.25) is 0 Å². The molecule has 3 aromatic rings. The quantitative estimate of drug-likeness (QED) is 0.730. The number of nitrogens with zero attached hydrogens (tertiary/aromatic N) is 2. The first-order chi connectivity index (χ1) is 10.9. The zero-order valence-electron chi connectivity index (χ0n) is 13.9. The molecule has 0 fully saturated rings. The number of hydrogen-bond acceptors (Lipinski definition) is 2. The first kappa shape index (κ1) is 15.5.